The first-order valence-corrected chi connectivity index (χ1v) is 6.06. The fourth-order valence-electron chi connectivity index (χ4n) is 1.69. The van der Waals surface area contributed by atoms with Crippen molar-refractivity contribution in [1.82, 2.24) is 5.32 Å². The minimum absolute atomic E-state index is 0.267. The summed E-state index contributed by atoms with van der Waals surface area (Å²) in [5.74, 6) is 0. The Hall–Kier alpha value is -0.380. The Morgan fingerprint density at radius 3 is 2.27 bits per heavy atom. The van der Waals surface area contributed by atoms with Crippen LogP contribution in [0.5, 0.6) is 0 Å². The molecule has 1 saturated carbocycles. The molecule has 0 spiro atoms. The Bertz CT molecular complexity index is 217. The topological polar surface area (TPSA) is 38.3 Å². The van der Waals surface area contributed by atoms with Gasteiger partial charge in [0.25, 0.3) is 0 Å². The SMILES string of the molecule is CC(C)(C)OC(=O)NC1CCC(S)CC1. The van der Waals surface area contributed by atoms with Gasteiger partial charge < -0.3 is 10.1 Å². The first-order valence-electron chi connectivity index (χ1n) is 5.54. The fourth-order valence-corrected chi connectivity index (χ4v) is 1.99. The maximum Gasteiger partial charge on any atom is 0.407 e. The van der Waals surface area contributed by atoms with Crippen LogP contribution in [0.1, 0.15) is 46.5 Å². The van der Waals surface area contributed by atoms with Crippen LogP contribution in [0.4, 0.5) is 4.79 Å². The van der Waals surface area contributed by atoms with E-state index >= 15 is 0 Å². The summed E-state index contributed by atoms with van der Waals surface area (Å²) in [5, 5.41) is 3.40. The molecule has 0 radical (unpaired) electrons. The molecule has 4 heteroatoms. The third-order valence-corrected chi connectivity index (χ3v) is 2.93. The van der Waals surface area contributed by atoms with Crippen LogP contribution in [0.3, 0.4) is 0 Å². The van der Waals surface area contributed by atoms with Gasteiger partial charge in [0, 0.05) is 11.3 Å². The molecule has 1 aliphatic carbocycles. The number of rotatable bonds is 1. The highest BCUT2D eigenvalue weighted by Gasteiger charge is 2.23. The molecule has 0 atom stereocenters. The van der Waals surface area contributed by atoms with Crippen LogP contribution in [-0.2, 0) is 4.74 Å². The number of alkyl carbamates (subject to hydrolysis) is 1. The minimum Gasteiger partial charge on any atom is -0.444 e. The molecule has 0 heterocycles. The van der Waals surface area contributed by atoms with Gasteiger partial charge in [-0.15, -0.1) is 0 Å². The number of ether oxygens (including phenoxy) is 1. The molecule has 0 aromatic carbocycles. The second-order valence-electron chi connectivity index (χ2n) is 5.15. The van der Waals surface area contributed by atoms with Crippen molar-refractivity contribution in [2.75, 3.05) is 0 Å². The molecule has 1 fully saturated rings. The van der Waals surface area contributed by atoms with E-state index in [-0.39, 0.29) is 12.1 Å². The van der Waals surface area contributed by atoms with E-state index < -0.39 is 5.60 Å². The average Bonchev–Trinajstić information content (AvgIpc) is 2.05. The molecule has 1 aliphatic rings. The lowest BCUT2D eigenvalue weighted by Crippen LogP contribution is -2.41. The largest absolute Gasteiger partial charge is 0.444 e. The van der Waals surface area contributed by atoms with Crippen molar-refractivity contribution in [3.63, 3.8) is 0 Å². The highest BCUT2D eigenvalue weighted by Crippen LogP contribution is 2.22. The molecule has 1 amide bonds. The van der Waals surface area contributed by atoms with Gasteiger partial charge in [-0.25, -0.2) is 4.79 Å². The Labute approximate surface area is 97.4 Å². The van der Waals surface area contributed by atoms with Crippen LogP contribution in [0, 0.1) is 0 Å². The molecule has 15 heavy (non-hydrogen) atoms. The van der Waals surface area contributed by atoms with E-state index in [9.17, 15) is 4.79 Å². The third kappa shape index (κ3) is 5.30. The van der Waals surface area contributed by atoms with Gasteiger partial charge in [-0.3, -0.25) is 0 Å². The summed E-state index contributed by atoms with van der Waals surface area (Å²) in [6.45, 7) is 5.62. The molecule has 0 aromatic heterocycles. The number of hydrogen-bond donors (Lipinski definition) is 2. The first kappa shape index (κ1) is 12.7. The van der Waals surface area contributed by atoms with Crippen LogP contribution in [0.2, 0.25) is 0 Å². The zero-order valence-electron chi connectivity index (χ0n) is 9.75. The van der Waals surface area contributed by atoms with Crippen molar-refractivity contribution >= 4 is 18.7 Å². The second kappa shape index (κ2) is 5.10. The second-order valence-corrected chi connectivity index (χ2v) is 5.88. The van der Waals surface area contributed by atoms with E-state index in [0.29, 0.717) is 5.25 Å². The molecular weight excluding hydrogens is 210 g/mol. The van der Waals surface area contributed by atoms with E-state index in [1.165, 1.54) is 0 Å². The van der Waals surface area contributed by atoms with Gasteiger partial charge in [0.15, 0.2) is 0 Å². The number of carbonyl (C=O) groups is 1. The molecule has 0 aromatic rings. The summed E-state index contributed by atoms with van der Waals surface area (Å²) in [7, 11) is 0. The summed E-state index contributed by atoms with van der Waals surface area (Å²) in [6, 6.07) is 0.267. The lowest BCUT2D eigenvalue weighted by molar-refractivity contribution is 0.0494. The van der Waals surface area contributed by atoms with E-state index in [1.807, 2.05) is 20.8 Å². The molecule has 1 N–H and O–H groups in total. The third-order valence-electron chi connectivity index (χ3n) is 2.42. The zero-order valence-corrected chi connectivity index (χ0v) is 10.6. The highest BCUT2D eigenvalue weighted by atomic mass is 32.1. The summed E-state index contributed by atoms with van der Waals surface area (Å²) in [5.41, 5.74) is -0.412. The molecule has 88 valence electrons. The monoisotopic (exact) mass is 231 g/mol. The van der Waals surface area contributed by atoms with E-state index in [2.05, 4.69) is 17.9 Å². The standard InChI is InChI=1S/C11H21NO2S/c1-11(2,3)14-10(13)12-8-4-6-9(15)7-5-8/h8-9,15H,4-7H2,1-3H3,(H,12,13). The number of carbonyl (C=O) groups excluding carboxylic acids is 1. The van der Waals surface area contributed by atoms with Gasteiger partial charge in [-0.1, -0.05) is 0 Å². The van der Waals surface area contributed by atoms with Crippen LogP contribution in [0.15, 0.2) is 0 Å². The minimum atomic E-state index is -0.412. The highest BCUT2D eigenvalue weighted by molar-refractivity contribution is 7.80. The maximum absolute atomic E-state index is 11.5. The fraction of sp³-hybridized carbons (Fsp3) is 0.909. The molecular formula is C11H21NO2S. The van der Waals surface area contributed by atoms with Gasteiger partial charge in [0.2, 0.25) is 0 Å². The Morgan fingerprint density at radius 1 is 1.27 bits per heavy atom. The number of hydrogen-bond acceptors (Lipinski definition) is 3. The van der Waals surface area contributed by atoms with E-state index in [4.69, 9.17) is 4.74 Å². The Balaban J connectivity index is 2.27. The lowest BCUT2D eigenvalue weighted by atomic mass is 9.95. The van der Waals surface area contributed by atoms with Crippen LogP contribution >= 0.6 is 12.6 Å². The molecule has 0 aliphatic heterocycles. The number of nitrogens with one attached hydrogen (secondary N) is 1. The molecule has 1 rings (SSSR count). The van der Waals surface area contributed by atoms with Crippen molar-refractivity contribution in [3.05, 3.63) is 0 Å². The van der Waals surface area contributed by atoms with Crippen LogP contribution in [0.25, 0.3) is 0 Å². The predicted molar refractivity (Wildman–Crippen MR) is 64.4 cm³/mol. The normalized spacial score (nSPS) is 27.2. The Morgan fingerprint density at radius 2 is 1.80 bits per heavy atom. The number of thiol groups is 1. The van der Waals surface area contributed by atoms with Gasteiger partial charge in [-0.2, -0.15) is 12.6 Å². The zero-order chi connectivity index (χ0) is 11.5. The average molecular weight is 231 g/mol. The number of amides is 1. The smallest absolute Gasteiger partial charge is 0.407 e. The van der Waals surface area contributed by atoms with E-state index in [0.717, 1.165) is 25.7 Å². The summed E-state index contributed by atoms with van der Waals surface area (Å²) in [4.78, 5) is 11.5. The summed E-state index contributed by atoms with van der Waals surface area (Å²) in [6.07, 6.45) is 3.86. The van der Waals surface area contributed by atoms with Gasteiger partial charge in [0.05, 0.1) is 0 Å². The lowest BCUT2D eigenvalue weighted by Gasteiger charge is -2.28. The molecule has 0 bridgehead atoms. The Kier molecular flexibility index (Phi) is 4.32. The molecule has 0 saturated heterocycles. The quantitative estimate of drug-likeness (QED) is 0.681. The predicted octanol–water partition coefficient (Wildman–Crippen LogP) is 2.75. The summed E-state index contributed by atoms with van der Waals surface area (Å²) >= 11 is 4.42. The first-order chi connectivity index (χ1) is 6.87. The van der Waals surface area contributed by atoms with Crippen molar-refractivity contribution in [2.24, 2.45) is 0 Å². The van der Waals surface area contributed by atoms with Gasteiger partial charge >= 0.3 is 6.09 Å². The van der Waals surface area contributed by atoms with Crippen LogP contribution < -0.4 is 5.32 Å². The summed E-state index contributed by atoms with van der Waals surface area (Å²) < 4.78 is 5.20. The molecule has 0 unspecified atom stereocenters. The molecule has 3 nitrogen and oxygen atoms in total. The van der Waals surface area contributed by atoms with Crippen molar-refractivity contribution in [2.45, 2.75) is 63.3 Å². The van der Waals surface area contributed by atoms with Crippen molar-refractivity contribution < 1.29 is 9.53 Å². The van der Waals surface area contributed by atoms with Crippen LogP contribution in [-0.4, -0.2) is 23.0 Å². The van der Waals surface area contributed by atoms with E-state index in [1.54, 1.807) is 0 Å². The van der Waals surface area contributed by atoms with Gasteiger partial charge in [0.1, 0.15) is 5.60 Å². The van der Waals surface area contributed by atoms with Crippen molar-refractivity contribution in [3.8, 4) is 0 Å². The van der Waals surface area contributed by atoms with Crippen molar-refractivity contribution in [1.29, 1.82) is 0 Å². The maximum atomic E-state index is 11.5. The van der Waals surface area contributed by atoms with Gasteiger partial charge in [-0.05, 0) is 46.5 Å².